The smallest absolute Gasteiger partial charge is 0.278 e. The van der Waals surface area contributed by atoms with Gasteiger partial charge in [0.1, 0.15) is 10.6 Å². The Morgan fingerprint density at radius 3 is 2.17 bits per heavy atom. The van der Waals surface area contributed by atoms with E-state index in [4.69, 9.17) is 0 Å². The molecule has 4 rings (SSSR count). The molecule has 0 aromatic heterocycles. The molecule has 1 fully saturated rings. The first-order valence-electron chi connectivity index (χ1n) is 10.3. The van der Waals surface area contributed by atoms with Crippen molar-refractivity contribution in [3.8, 4) is 0 Å². The van der Waals surface area contributed by atoms with Crippen LogP contribution in [0, 0.1) is 0 Å². The molecule has 2 amide bonds. The van der Waals surface area contributed by atoms with E-state index in [-0.39, 0.29) is 11.8 Å². The lowest BCUT2D eigenvalue weighted by molar-refractivity contribution is -0.138. The number of hydrogen-bond acceptors (Lipinski definition) is 4. The minimum atomic E-state index is -0.189. The maximum atomic E-state index is 13.4. The third-order valence-electron chi connectivity index (χ3n) is 5.72. The Morgan fingerprint density at radius 1 is 0.897 bits per heavy atom. The van der Waals surface area contributed by atoms with E-state index in [1.54, 1.807) is 0 Å². The van der Waals surface area contributed by atoms with Gasteiger partial charge in [0.25, 0.3) is 11.8 Å². The first-order valence-corrected chi connectivity index (χ1v) is 11.1. The zero-order valence-corrected chi connectivity index (χ0v) is 17.5. The number of amides is 2. The second-order valence-corrected chi connectivity index (χ2v) is 8.76. The van der Waals surface area contributed by atoms with Crippen LogP contribution < -0.4 is 0 Å². The van der Waals surface area contributed by atoms with Gasteiger partial charge < -0.3 is 4.90 Å². The maximum Gasteiger partial charge on any atom is 0.278 e. The zero-order chi connectivity index (χ0) is 20.2. The average molecular weight is 407 g/mol. The number of imide groups is 1. The highest BCUT2D eigenvalue weighted by molar-refractivity contribution is 8.04. The van der Waals surface area contributed by atoms with Gasteiger partial charge in [-0.15, -0.1) is 0 Å². The number of hydrogen-bond donors (Lipinski definition) is 0. The fourth-order valence-corrected chi connectivity index (χ4v) is 5.17. The summed E-state index contributed by atoms with van der Waals surface area (Å²) in [5.74, 6) is -0.365. The molecule has 1 heterocycles. The molecule has 29 heavy (non-hydrogen) atoms. The minimum absolute atomic E-state index is 0.176. The van der Waals surface area contributed by atoms with Crippen LogP contribution in [0.2, 0.25) is 0 Å². The SMILES string of the molecule is CN(C1=C(Sc2ccccc2)C(=O)N(Cc2ccccc2)C1=O)C1CCCCC1. The summed E-state index contributed by atoms with van der Waals surface area (Å²) < 4.78 is 0. The fourth-order valence-electron chi connectivity index (χ4n) is 4.11. The van der Waals surface area contributed by atoms with Crippen LogP contribution in [0.25, 0.3) is 0 Å². The van der Waals surface area contributed by atoms with Gasteiger partial charge in [0.15, 0.2) is 0 Å². The lowest BCUT2D eigenvalue weighted by atomic mass is 9.94. The first kappa shape index (κ1) is 19.8. The molecule has 4 nitrogen and oxygen atoms in total. The summed E-state index contributed by atoms with van der Waals surface area (Å²) in [7, 11) is 1.98. The Balaban J connectivity index is 1.66. The van der Waals surface area contributed by atoms with Gasteiger partial charge in [-0.2, -0.15) is 0 Å². The zero-order valence-electron chi connectivity index (χ0n) is 16.7. The molecule has 0 spiro atoms. The van der Waals surface area contributed by atoms with Crippen molar-refractivity contribution < 1.29 is 9.59 Å². The number of thioether (sulfide) groups is 1. The van der Waals surface area contributed by atoms with Crippen LogP contribution in [0.15, 0.2) is 76.2 Å². The van der Waals surface area contributed by atoms with Crippen LogP contribution in [0.1, 0.15) is 37.7 Å². The van der Waals surface area contributed by atoms with Crippen LogP contribution in [0.4, 0.5) is 0 Å². The quantitative estimate of drug-likeness (QED) is 0.645. The molecular formula is C24H26N2O2S. The van der Waals surface area contributed by atoms with Gasteiger partial charge in [-0.3, -0.25) is 14.5 Å². The van der Waals surface area contributed by atoms with E-state index < -0.39 is 0 Å². The van der Waals surface area contributed by atoms with Crippen molar-refractivity contribution in [2.45, 2.75) is 49.6 Å². The molecule has 150 valence electrons. The predicted molar refractivity (Wildman–Crippen MR) is 116 cm³/mol. The second-order valence-electron chi connectivity index (χ2n) is 7.68. The van der Waals surface area contributed by atoms with Gasteiger partial charge in [-0.1, -0.05) is 79.6 Å². The number of carbonyl (C=O) groups excluding carboxylic acids is 2. The molecule has 2 aromatic rings. The molecule has 5 heteroatoms. The second kappa shape index (κ2) is 8.87. The molecule has 2 aliphatic rings. The summed E-state index contributed by atoms with van der Waals surface area (Å²) in [6, 6.07) is 19.9. The van der Waals surface area contributed by atoms with Crippen molar-refractivity contribution in [3.63, 3.8) is 0 Å². The lowest BCUT2D eigenvalue weighted by Gasteiger charge is -2.33. The van der Waals surface area contributed by atoms with E-state index in [0.29, 0.717) is 23.2 Å². The lowest BCUT2D eigenvalue weighted by Crippen LogP contribution is -2.38. The highest BCUT2D eigenvalue weighted by Crippen LogP contribution is 2.38. The van der Waals surface area contributed by atoms with Crippen LogP contribution in [0.3, 0.4) is 0 Å². The first-order chi connectivity index (χ1) is 14.1. The van der Waals surface area contributed by atoms with Crippen molar-refractivity contribution in [1.82, 2.24) is 9.80 Å². The van der Waals surface area contributed by atoms with Crippen molar-refractivity contribution in [3.05, 3.63) is 76.8 Å². The summed E-state index contributed by atoms with van der Waals surface area (Å²) >= 11 is 1.40. The standard InChI is InChI=1S/C24H26N2O2S/c1-25(19-13-7-3-8-14-19)21-22(29-20-15-9-4-10-16-20)24(28)26(23(21)27)17-18-11-5-2-6-12-18/h2,4-6,9-12,15-16,19H,3,7-8,13-14,17H2,1H3. The Labute approximate surface area is 176 Å². The van der Waals surface area contributed by atoms with Crippen LogP contribution in [-0.2, 0) is 16.1 Å². The molecule has 0 radical (unpaired) electrons. The Kier molecular flexibility index (Phi) is 6.05. The Hall–Kier alpha value is -2.53. The van der Waals surface area contributed by atoms with Gasteiger partial charge in [-0.05, 0) is 30.5 Å². The fraction of sp³-hybridized carbons (Fsp3) is 0.333. The van der Waals surface area contributed by atoms with E-state index in [9.17, 15) is 9.59 Å². The van der Waals surface area contributed by atoms with Gasteiger partial charge in [0.2, 0.25) is 0 Å². The molecule has 0 unspecified atom stereocenters. The van der Waals surface area contributed by atoms with Gasteiger partial charge in [0, 0.05) is 18.0 Å². The molecule has 1 saturated carbocycles. The molecule has 0 atom stereocenters. The van der Waals surface area contributed by atoms with Gasteiger partial charge >= 0.3 is 0 Å². The van der Waals surface area contributed by atoms with Gasteiger partial charge in [0.05, 0.1) is 6.54 Å². The van der Waals surface area contributed by atoms with Crippen LogP contribution in [0.5, 0.6) is 0 Å². The summed E-state index contributed by atoms with van der Waals surface area (Å²) in [5, 5.41) is 0. The predicted octanol–water partition coefficient (Wildman–Crippen LogP) is 4.82. The Morgan fingerprint density at radius 2 is 1.52 bits per heavy atom. The van der Waals surface area contributed by atoms with Crippen molar-refractivity contribution in [2.75, 3.05) is 7.05 Å². The maximum absolute atomic E-state index is 13.4. The van der Waals surface area contributed by atoms with E-state index in [1.807, 2.05) is 67.7 Å². The number of benzene rings is 2. The van der Waals surface area contributed by atoms with E-state index in [0.717, 1.165) is 23.3 Å². The van der Waals surface area contributed by atoms with Crippen molar-refractivity contribution in [2.24, 2.45) is 0 Å². The molecule has 0 bridgehead atoms. The highest BCUT2D eigenvalue weighted by atomic mass is 32.2. The summed E-state index contributed by atoms with van der Waals surface area (Å²) in [6.45, 7) is 0.305. The monoisotopic (exact) mass is 406 g/mol. The normalized spacial score (nSPS) is 17.9. The summed E-state index contributed by atoms with van der Waals surface area (Å²) in [5.41, 5.74) is 1.52. The van der Waals surface area contributed by atoms with E-state index in [1.165, 1.54) is 35.9 Å². The molecule has 1 aliphatic carbocycles. The van der Waals surface area contributed by atoms with Crippen LogP contribution >= 0.6 is 11.8 Å². The largest absolute Gasteiger partial charge is 0.366 e. The number of likely N-dealkylation sites (N-methyl/N-ethyl adjacent to an activating group) is 1. The van der Waals surface area contributed by atoms with E-state index >= 15 is 0 Å². The summed E-state index contributed by atoms with van der Waals surface area (Å²) in [6.07, 6.45) is 5.76. The van der Waals surface area contributed by atoms with E-state index in [2.05, 4.69) is 4.90 Å². The molecule has 0 saturated heterocycles. The molecule has 2 aromatic carbocycles. The van der Waals surface area contributed by atoms with Crippen molar-refractivity contribution >= 4 is 23.6 Å². The average Bonchev–Trinajstić information content (AvgIpc) is 2.99. The third-order valence-corrected chi connectivity index (χ3v) is 6.80. The summed E-state index contributed by atoms with van der Waals surface area (Å²) in [4.78, 5) is 31.7. The highest BCUT2D eigenvalue weighted by Gasteiger charge is 2.42. The number of rotatable bonds is 6. The molecular weight excluding hydrogens is 380 g/mol. The number of carbonyl (C=O) groups is 2. The number of nitrogens with zero attached hydrogens (tertiary/aromatic N) is 2. The third kappa shape index (κ3) is 4.25. The Bertz CT molecular complexity index is 905. The topological polar surface area (TPSA) is 40.6 Å². The van der Waals surface area contributed by atoms with Crippen LogP contribution in [-0.4, -0.2) is 34.7 Å². The van der Waals surface area contributed by atoms with Crippen molar-refractivity contribution in [1.29, 1.82) is 0 Å². The van der Waals surface area contributed by atoms with Gasteiger partial charge in [-0.25, -0.2) is 0 Å². The molecule has 0 N–H and O–H groups in total. The molecule has 1 aliphatic heterocycles. The minimum Gasteiger partial charge on any atom is -0.366 e.